The summed E-state index contributed by atoms with van der Waals surface area (Å²) in [6, 6.07) is 0. The van der Waals surface area contributed by atoms with Crippen molar-refractivity contribution in [3.8, 4) is 0 Å². The van der Waals surface area contributed by atoms with Gasteiger partial charge in [-0.2, -0.15) is 0 Å². The summed E-state index contributed by atoms with van der Waals surface area (Å²) in [5.74, 6) is -1.32. The lowest BCUT2D eigenvalue weighted by Crippen LogP contribution is -2.51. The van der Waals surface area contributed by atoms with Crippen LogP contribution in [0.3, 0.4) is 0 Å². The summed E-state index contributed by atoms with van der Waals surface area (Å²) in [5.41, 5.74) is -1.89. The third-order valence-corrected chi connectivity index (χ3v) is 2.21. The molecule has 11 heavy (non-hydrogen) atoms. The van der Waals surface area contributed by atoms with Gasteiger partial charge in [0.25, 0.3) is 0 Å². The molecular formula is C7H12O4. The smallest absolute Gasteiger partial charge is 0.338 e. The summed E-state index contributed by atoms with van der Waals surface area (Å²) in [6.45, 7) is 0. The quantitative estimate of drug-likeness (QED) is 0.493. The van der Waals surface area contributed by atoms with Crippen LogP contribution < -0.4 is 0 Å². The molecule has 0 radical (unpaired) electrons. The molecule has 3 N–H and O–H groups in total. The fraction of sp³-hybridized carbons (Fsp3) is 0.857. The van der Waals surface area contributed by atoms with Crippen LogP contribution in [-0.2, 0) is 4.79 Å². The van der Waals surface area contributed by atoms with Gasteiger partial charge in [0, 0.05) is 0 Å². The van der Waals surface area contributed by atoms with Crippen molar-refractivity contribution >= 4 is 5.97 Å². The van der Waals surface area contributed by atoms with Gasteiger partial charge in [-0.25, -0.2) is 4.79 Å². The van der Waals surface area contributed by atoms with E-state index in [9.17, 15) is 9.90 Å². The van der Waals surface area contributed by atoms with E-state index >= 15 is 0 Å². The molecule has 64 valence electrons. The molecular weight excluding hydrogens is 148 g/mol. The lowest BCUT2D eigenvalue weighted by Gasteiger charge is -2.32. The van der Waals surface area contributed by atoms with Gasteiger partial charge >= 0.3 is 5.97 Å². The maximum absolute atomic E-state index is 10.5. The van der Waals surface area contributed by atoms with Crippen LogP contribution in [0.4, 0.5) is 0 Å². The molecule has 0 heterocycles. The molecule has 1 fully saturated rings. The highest BCUT2D eigenvalue weighted by molar-refractivity contribution is 5.78. The number of aliphatic carboxylic acids is 1. The normalized spacial score (nSPS) is 38.5. The number of hydrogen-bond donors (Lipinski definition) is 3. The Morgan fingerprint density at radius 3 is 2.45 bits per heavy atom. The Kier molecular flexibility index (Phi) is 2.15. The van der Waals surface area contributed by atoms with Gasteiger partial charge in [0.2, 0.25) is 0 Å². The van der Waals surface area contributed by atoms with Gasteiger partial charge in [-0.15, -0.1) is 0 Å². The van der Waals surface area contributed by atoms with E-state index in [4.69, 9.17) is 10.2 Å². The van der Waals surface area contributed by atoms with Crippen molar-refractivity contribution in [1.82, 2.24) is 0 Å². The summed E-state index contributed by atoms with van der Waals surface area (Å²) in [5, 5.41) is 27.1. The van der Waals surface area contributed by atoms with Gasteiger partial charge in [0.1, 0.15) is 0 Å². The molecule has 4 heteroatoms. The van der Waals surface area contributed by atoms with E-state index in [1.165, 1.54) is 0 Å². The molecule has 0 aromatic carbocycles. The molecule has 0 saturated heterocycles. The first-order chi connectivity index (χ1) is 5.07. The zero-order valence-electron chi connectivity index (χ0n) is 6.16. The van der Waals surface area contributed by atoms with E-state index < -0.39 is 17.7 Å². The maximum Gasteiger partial charge on any atom is 0.338 e. The fourth-order valence-electron chi connectivity index (χ4n) is 1.39. The molecule has 1 aliphatic carbocycles. The predicted octanol–water partition coefficient (Wildman–Crippen LogP) is -0.263. The lowest BCUT2D eigenvalue weighted by atomic mass is 9.82. The minimum absolute atomic E-state index is 0.156. The second-order valence-corrected chi connectivity index (χ2v) is 2.99. The van der Waals surface area contributed by atoms with Crippen LogP contribution in [0.25, 0.3) is 0 Å². The minimum atomic E-state index is -1.89. The highest BCUT2D eigenvalue weighted by Crippen LogP contribution is 2.28. The van der Waals surface area contributed by atoms with Gasteiger partial charge in [-0.05, 0) is 19.3 Å². The van der Waals surface area contributed by atoms with Gasteiger partial charge in [-0.1, -0.05) is 6.42 Å². The van der Waals surface area contributed by atoms with Crippen LogP contribution in [-0.4, -0.2) is 33.0 Å². The summed E-state index contributed by atoms with van der Waals surface area (Å²) in [4.78, 5) is 10.5. The minimum Gasteiger partial charge on any atom is -0.479 e. The number of hydrogen-bond acceptors (Lipinski definition) is 3. The average molecular weight is 160 g/mol. The number of carboxylic acid groups (broad SMARTS) is 1. The van der Waals surface area contributed by atoms with E-state index in [-0.39, 0.29) is 6.42 Å². The SMILES string of the molecule is O=C(O)C1(O)CCCCC1O. The Labute approximate surface area is 64.5 Å². The van der Waals surface area contributed by atoms with Crippen molar-refractivity contribution in [2.24, 2.45) is 0 Å². The summed E-state index contributed by atoms with van der Waals surface area (Å²) < 4.78 is 0. The molecule has 0 bridgehead atoms. The number of aliphatic hydroxyl groups is 2. The van der Waals surface area contributed by atoms with Crippen molar-refractivity contribution in [2.75, 3.05) is 0 Å². The molecule has 0 amide bonds. The van der Waals surface area contributed by atoms with Gasteiger partial charge < -0.3 is 15.3 Å². The molecule has 2 unspecified atom stereocenters. The molecule has 0 aromatic heterocycles. The molecule has 1 saturated carbocycles. The van der Waals surface area contributed by atoms with Crippen LogP contribution in [0.5, 0.6) is 0 Å². The van der Waals surface area contributed by atoms with Gasteiger partial charge in [0.15, 0.2) is 5.60 Å². The number of carbonyl (C=O) groups is 1. The molecule has 0 aliphatic heterocycles. The first-order valence-electron chi connectivity index (χ1n) is 3.71. The second-order valence-electron chi connectivity index (χ2n) is 2.99. The van der Waals surface area contributed by atoms with Crippen molar-refractivity contribution in [3.05, 3.63) is 0 Å². The number of aliphatic hydroxyl groups excluding tert-OH is 1. The maximum atomic E-state index is 10.5. The topological polar surface area (TPSA) is 77.8 Å². The van der Waals surface area contributed by atoms with Crippen LogP contribution >= 0.6 is 0 Å². The second kappa shape index (κ2) is 2.79. The Hall–Kier alpha value is -0.610. The van der Waals surface area contributed by atoms with E-state index in [1.54, 1.807) is 0 Å². The fourth-order valence-corrected chi connectivity index (χ4v) is 1.39. The van der Waals surface area contributed by atoms with Crippen molar-refractivity contribution in [3.63, 3.8) is 0 Å². The predicted molar refractivity (Wildman–Crippen MR) is 37.1 cm³/mol. The lowest BCUT2D eigenvalue weighted by molar-refractivity contribution is -0.177. The zero-order valence-corrected chi connectivity index (χ0v) is 6.16. The molecule has 0 aromatic rings. The standard InChI is InChI=1S/C7H12O4/c8-5-3-1-2-4-7(5,11)6(9)10/h5,8,11H,1-4H2,(H,9,10). The van der Waals surface area contributed by atoms with Gasteiger partial charge in [-0.3, -0.25) is 0 Å². The van der Waals surface area contributed by atoms with Crippen LogP contribution in [0, 0.1) is 0 Å². The van der Waals surface area contributed by atoms with Crippen LogP contribution in [0.2, 0.25) is 0 Å². The summed E-state index contributed by atoms with van der Waals surface area (Å²) in [7, 11) is 0. The zero-order chi connectivity index (χ0) is 8.48. The molecule has 0 spiro atoms. The molecule has 4 nitrogen and oxygen atoms in total. The van der Waals surface area contributed by atoms with E-state index in [0.717, 1.165) is 6.42 Å². The first kappa shape index (κ1) is 8.49. The third-order valence-electron chi connectivity index (χ3n) is 2.21. The van der Waals surface area contributed by atoms with E-state index in [0.29, 0.717) is 12.8 Å². The molecule has 1 aliphatic rings. The Bertz CT molecular complexity index is 168. The Balaban J connectivity index is 2.72. The van der Waals surface area contributed by atoms with Crippen LogP contribution in [0.1, 0.15) is 25.7 Å². The van der Waals surface area contributed by atoms with E-state index in [2.05, 4.69) is 0 Å². The largest absolute Gasteiger partial charge is 0.479 e. The highest BCUT2D eigenvalue weighted by Gasteiger charge is 2.44. The molecule has 2 atom stereocenters. The van der Waals surface area contributed by atoms with Crippen molar-refractivity contribution < 1.29 is 20.1 Å². The molecule has 1 rings (SSSR count). The third kappa shape index (κ3) is 1.36. The average Bonchev–Trinajstić information content (AvgIpc) is 1.95. The van der Waals surface area contributed by atoms with E-state index in [1.807, 2.05) is 0 Å². The van der Waals surface area contributed by atoms with Crippen molar-refractivity contribution in [2.45, 2.75) is 37.4 Å². The highest BCUT2D eigenvalue weighted by atomic mass is 16.4. The number of rotatable bonds is 1. The first-order valence-corrected chi connectivity index (χ1v) is 3.71. The number of carboxylic acids is 1. The van der Waals surface area contributed by atoms with Crippen LogP contribution in [0.15, 0.2) is 0 Å². The Morgan fingerprint density at radius 1 is 1.45 bits per heavy atom. The Morgan fingerprint density at radius 2 is 2.09 bits per heavy atom. The van der Waals surface area contributed by atoms with Crippen molar-refractivity contribution in [1.29, 1.82) is 0 Å². The summed E-state index contributed by atoms with van der Waals surface area (Å²) in [6.07, 6.45) is 0.886. The van der Waals surface area contributed by atoms with Gasteiger partial charge in [0.05, 0.1) is 6.10 Å². The monoisotopic (exact) mass is 160 g/mol. The summed E-state index contributed by atoms with van der Waals surface area (Å²) >= 11 is 0.